The fourth-order valence-electron chi connectivity index (χ4n) is 2.43. The van der Waals surface area contributed by atoms with Crippen molar-refractivity contribution in [3.8, 4) is 0 Å². The van der Waals surface area contributed by atoms with Gasteiger partial charge < -0.3 is 16.0 Å². The summed E-state index contributed by atoms with van der Waals surface area (Å²) >= 11 is 0. The number of nitrogen functional groups attached to an aromatic ring is 1. The molecule has 2 rings (SSSR count). The van der Waals surface area contributed by atoms with E-state index in [2.05, 4.69) is 17.3 Å². The van der Waals surface area contributed by atoms with Gasteiger partial charge in [-0.15, -0.1) is 0 Å². The number of rotatable bonds is 3. The lowest BCUT2D eigenvalue weighted by Gasteiger charge is -2.30. The van der Waals surface area contributed by atoms with Gasteiger partial charge in [0.2, 0.25) is 0 Å². The smallest absolute Gasteiger partial charge is 0.183 e. The third kappa shape index (κ3) is 2.90. The molecule has 3 nitrogen and oxygen atoms in total. The maximum atomic E-state index is 13.6. The topological polar surface area (TPSA) is 41.3 Å². The van der Waals surface area contributed by atoms with Gasteiger partial charge in [-0.25, -0.2) is 8.78 Å². The van der Waals surface area contributed by atoms with Crippen LogP contribution in [0.1, 0.15) is 12.8 Å². The summed E-state index contributed by atoms with van der Waals surface area (Å²) in [5.41, 5.74) is 5.99. The molecule has 0 amide bonds. The first kappa shape index (κ1) is 13.1. The molecular formula is C13H19F2N3. The van der Waals surface area contributed by atoms with Crippen molar-refractivity contribution in [3.05, 3.63) is 23.8 Å². The summed E-state index contributed by atoms with van der Waals surface area (Å²) in [5.74, 6) is -1.31. The van der Waals surface area contributed by atoms with Gasteiger partial charge in [-0.1, -0.05) is 0 Å². The molecule has 18 heavy (non-hydrogen) atoms. The minimum absolute atomic E-state index is 0.0863. The van der Waals surface area contributed by atoms with Gasteiger partial charge in [0.05, 0.1) is 11.4 Å². The number of nitrogens with zero attached hydrogens (tertiary/aromatic N) is 1. The van der Waals surface area contributed by atoms with Gasteiger partial charge in [-0.05, 0) is 44.5 Å². The highest BCUT2D eigenvalue weighted by atomic mass is 19.2. The Morgan fingerprint density at radius 3 is 2.94 bits per heavy atom. The van der Waals surface area contributed by atoms with Crippen LogP contribution in [0.5, 0.6) is 0 Å². The lowest BCUT2D eigenvalue weighted by atomic mass is 9.98. The van der Waals surface area contributed by atoms with Crippen LogP contribution in [0.3, 0.4) is 0 Å². The average molecular weight is 255 g/mol. The summed E-state index contributed by atoms with van der Waals surface area (Å²) < 4.78 is 26.7. The molecule has 0 spiro atoms. The number of nitrogens with one attached hydrogen (secondary N) is 1. The standard InChI is InChI=1S/C13H19F2N3/c1-18-6-2-3-9(8-18)7-17-13-11(16)5-4-10(14)12(13)15/h4-5,9,17H,2-3,6-8,16H2,1H3. The number of anilines is 2. The Hall–Kier alpha value is -1.36. The van der Waals surface area contributed by atoms with Crippen LogP contribution in [0, 0.1) is 17.6 Å². The van der Waals surface area contributed by atoms with E-state index in [1.54, 1.807) is 0 Å². The van der Waals surface area contributed by atoms with Crippen LogP contribution in [-0.4, -0.2) is 31.6 Å². The molecule has 5 heteroatoms. The zero-order chi connectivity index (χ0) is 13.1. The van der Waals surface area contributed by atoms with Crippen molar-refractivity contribution < 1.29 is 8.78 Å². The summed E-state index contributed by atoms with van der Waals surface area (Å²) in [7, 11) is 2.07. The Kier molecular flexibility index (Phi) is 4.01. The maximum absolute atomic E-state index is 13.6. The highest BCUT2D eigenvalue weighted by Gasteiger charge is 2.18. The molecule has 1 heterocycles. The summed E-state index contributed by atoms with van der Waals surface area (Å²) in [6, 6.07) is 2.43. The second kappa shape index (κ2) is 5.52. The van der Waals surface area contributed by atoms with Crippen molar-refractivity contribution in [2.75, 3.05) is 37.7 Å². The maximum Gasteiger partial charge on any atom is 0.183 e. The first-order chi connectivity index (χ1) is 8.58. The molecule has 1 unspecified atom stereocenters. The molecule has 1 fully saturated rings. The molecule has 3 N–H and O–H groups in total. The quantitative estimate of drug-likeness (QED) is 0.814. The lowest BCUT2D eigenvalue weighted by molar-refractivity contribution is 0.217. The zero-order valence-corrected chi connectivity index (χ0v) is 10.5. The average Bonchev–Trinajstić information content (AvgIpc) is 2.34. The van der Waals surface area contributed by atoms with Crippen LogP contribution in [-0.2, 0) is 0 Å². The van der Waals surface area contributed by atoms with E-state index < -0.39 is 11.6 Å². The van der Waals surface area contributed by atoms with E-state index in [1.165, 1.54) is 6.07 Å². The second-order valence-corrected chi connectivity index (χ2v) is 4.98. The van der Waals surface area contributed by atoms with Crippen LogP contribution in [0.4, 0.5) is 20.2 Å². The fourth-order valence-corrected chi connectivity index (χ4v) is 2.43. The molecule has 1 aliphatic rings. The molecule has 1 aromatic carbocycles. The van der Waals surface area contributed by atoms with Crippen LogP contribution in [0.25, 0.3) is 0 Å². The Bertz CT molecular complexity index is 423. The first-order valence-electron chi connectivity index (χ1n) is 6.24. The third-order valence-electron chi connectivity index (χ3n) is 3.42. The number of nitrogens with two attached hydrogens (primary N) is 1. The molecule has 1 aliphatic heterocycles. The van der Waals surface area contributed by atoms with Gasteiger partial charge in [-0.2, -0.15) is 0 Å². The molecule has 0 aliphatic carbocycles. The first-order valence-corrected chi connectivity index (χ1v) is 6.24. The van der Waals surface area contributed by atoms with Crippen LogP contribution >= 0.6 is 0 Å². The molecular weight excluding hydrogens is 236 g/mol. The SMILES string of the molecule is CN1CCCC(CNc2c(N)ccc(F)c2F)C1. The summed E-state index contributed by atoms with van der Waals surface area (Å²) in [4.78, 5) is 2.25. The predicted molar refractivity (Wildman–Crippen MR) is 69.5 cm³/mol. The highest BCUT2D eigenvalue weighted by molar-refractivity contribution is 5.66. The second-order valence-electron chi connectivity index (χ2n) is 4.98. The van der Waals surface area contributed by atoms with E-state index >= 15 is 0 Å². The van der Waals surface area contributed by atoms with Crippen molar-refractivity contribution in [1.29, 1.82) is 0 Å². The van der Waals surface area contributed by atoms with Crippen LogP contribution < -0.4 is 11.1 Å². The Morgan fingerprint density at radius 2 is 2.22 bits per heavy atom. The molecule has 0 radical (unpaired) electrons. The van der Waals surface area contributed by atoms with Crippen molar-refractivity contribution >= 4 is 11.4 Å². The van der Waals surface area contributed by atoms with Crippen LogP contribution in [0.15, 0.2) is 12.1 Å². The Balaban J connectivity index is 1.99. The number of halogens is 2. The van der Waals surface area contributed by atoms with Gasteiger partial charge in [0.15, 0.2) is 11.6 Å². The Labute approximate surface area is 106 Å². The molecule has 1 atom stereocenters. The van der Waals surface area contributed by atoms with Crippen molar-refractivity contribution in [3.63, 3.8) is 0 Å². The number of hydrogen-bond donors (Lipinski definition) is 2. The van der Waals surface area contributed by atoms with E-state index in [0.29, 0.717) is 12.5 Å². The largest absolute Gasteiger partial charge is 0.397 e. The summed E-state index contributed by atoms with van der Waals surface area (Å²) in [6.45, 7) is 2.70. The normalized spacial score (nSPS) is 20.9. The lowest BCUT2D eigenvalue weighted by Crippen LogP contribution is -2.35. The van der Waals surface area contributed by atoms with Crippen molar-refractivity contribution in [1.82, 2.24) is 4.90 Å². The zero-order valence-electron chi connectivity index (χ0n) is 10.5. The monoisotopic (exact) mass is 255 g/mol. The van der Waals surface area contributed by atoms with Crippen molar-refractivity contribution in [2.24, 2.45) is 5.92 Å². The minimum atomic E-state index is -0.890. The number of likely N-dealkylation sites (tertiary alicyclic amines) is 1. The van der Waals surface area contributed by atoms with Gasteiger partial charge >= 0.3 is 0 Å². The Morgan fingerprint density at radius 1 is 1.44 bits per heavy atom. The van der Waals surface area contributed by atoms with Crippen LogP contribution in [0.2, 0.25) is 0 Å². The molecule has 1 aromatic rings. The minimum Gasteiger partial charge on any atom is -0.397 e. The molecule has 0 saturated carbocycles. The van der Waals surface area contributed by atoms with Gasteiger partial charge in [0.1, 0.15) is 0 Å². The number of benzene rings is 1. The number of hydrogen-bond acceptors (Lipinski definition) is 3. The van der Waals surface area contributed by atoms with E-state index in [9.17, 15) is 8.78 Å². The third-order valence-corrected chi connectivity index (χ3v) is 3.42. The number of piperidine rings is 1. The van der Waals surface area contributed by atoms with E-state index in [1.807, 2.05) is 0 Å². The highest BCUT2D eigenvalue weighted by Crippen LogP contribution is 2.25. The summed E-state index contributed by atoms with van der Waals surface area (Å²) in [6.07, 6.45) is 2.25. The van der Waals surface area contributed by atoms with Gasteiger partial charge in [0, 0.05) is 13.1 Å². The molecule has 100 valence electrons. The predicted octanol–water partition coefficient (Wildman–Crippen LogP) is 2.30. The van der Waals surface area contributed by atoms with E-state index in [-0.39, 0.29) is 11.4 Å². The van der Waals surface area contributed by atoms with E-state index in [0.717, 1.165) is 32.0 Å². The summed E-state index contributed by atoms with van der Waals surface area (Å²) in [5, 5.41) is 2.95. The van der Waals surface area contributed by atoms with Gasteiger partial charge in [-0.3, -0.25) is 0 Å². The molecule has 0 bridgehead atoms. The fraction of sp³-hybridized carbons (Fsp3) is 0.538. The molecule has 0 aromatic heterocycles. The van der Waals surface area contributed by atoms with E-state index in [4.69, 9.17) is 5.73 Å². The molecule has 1 saturated heterocycles. The van der Waals surface area contributed by atoms with Crippen molar-refractivity contribution in [2.45, 2.75) is 12.8 Å². The van der Waals surface area contributed by atoms with Gasteiger partial charge in [0.25, 0.3) is 0 Å².